The summed E-state index contributed by atoms with van der Waals surface area (Å²) in [6.07, 6.45) is 6.38. The zero-order valence-corrected chi connectivity index (χ0v) is 13.3. The monoisotopic (exact) mass is 278 g/mol. The molecule has 0 aliphatic heterocycles. The van der Waals surface area contributed by atoms with E-state index in [4.69, 9.17) is 0 Å². The average Bonchev–Trinajstić information content (AvgIpc) is 3.33. The molecule has 0 nitrogen and oxygen atoms in total. The van der Waals surface area contributed by atoms with Crippen molar-refractivity contribution in [2.45, 2.75) is 57.8 Å². The zero-order valence-electron chi connectivity index (χ0n) is 13.3. The van der Waals surface area contributed by atoms with Crippen LogP contribution in [-0.2, 0) is 12.8 Å². The molecular weight excluding hydrogens is 252 g/mol. The van der Waals surface area contributed by atoms with E-state index in [0.29, 0.717) is 5.92 Å². The Balaban J connectivity index is 1.82. The van der Waals surface area contributed by atoms with Crippen molar-refractivity contribution in [3.05, 3.63) is 70.8 Å². The highest BCUT2D eigenvalue weighted by atomic mass is 14.3. The number of aryl methyl sites for hydroxylation is 1. The van der Waals surface area contributed by atoms with Crippen molar-refractivity contribution in [3.8, 4) is 0 Å². The normalized spacial score (nSPS) is 15.9. The largest absolute Gasteiger partial charge is 0.0651 e. The first-order valence-corrected chi connectivity index (χ1v) is 8.44. The predicted octanol–water partition coefficient (Wildman–Crippen LogP) is 5.86. The van der Waals surface area contributed by atoms with Gasteiger partial charge < -0.3 is 0 Å². The Morgan fingerprint density at radius 3 is 2.48 bits per heavy atom. The molecule has 3 rings (SSSR count). The smallest absolute Gasteiger partial charge is 0.0147 e. The maximum atomic E-state index is 2.50. The van der Waals surface area contributed by atoms with Crippen LogP contribution < -0.4 is 0 Å². The van der Waals surface area contributed by atoms with Crippen LogP contribution >= 0.6 is 0 Å². The van der Waals surface area contributed by atoms with Gasteiger partial charge in [-0.15, -0.1) is 0 Å². The van der Waals surface area contributed by atoms with Gasteiger partial charge in [0.05, 0.1) is 0 Å². The lowest BCUT2D eigenvalue weighted by molar-refractivity contribution is 0.739. The Morgan fingerprint density at radius 1 is 1.05 bits per heavy atom. The minimum atomic E-state index is 0.599. The van der Waals surface area contributed by atoms with E-state index in [0.717, 1.165) is 12.3 Å². The Hall–Kier alpha value is -1.56. The summed E-state index contributed by atoms with van der Waals surface area (Å²) in [4.78, 5) is 0. The molecule has 1 unspecified atom stereocenters. The SMILES string of the molecule is CCCc1cc(C2CC2)ccc1C(C)Cc1ccccc1. The number of hydrogen-bond acceptors (Lipinski definition) is 0. The maximum Gasteiger partial charge on any atom is -0.0147 e. The van der Waals surface area contributed by atoms with Gasteiger partial charge in [0.2, 0.25) is 0 Å². The molecule has 0 aromatic heterocycles. The summed E-state index contributed by atoms with van der Waals surface area (Å²) in [5, 5.41) is 0. The minimum absolute atomic E-state index is 0.599. The van der Waals surface area contributed by atoms with Gasteiger partial charge in [-0.2, -0.15) is 0 Å². The van der Waals surface area contributed by atoms with Crippen LogP contribution in [0.5, 0.6) is 0 Å². The molecule has 1 fully saturated rings. The van der Waals surface area contributed by atoms with Crippen molar-refractivity contribution in [1.29, 1.82) is 0 Å². The third-order valence-electron chi connectivity index (χ3n) is 4.65. The van der Waals surface area contributed by atoms with E-state index in [9.17, 15) is 0 Å². The van der Waals surface area contributed by atoms with Crippen LogP contribution in [0.3, 0.4) is 0 Å². The lowest BCUT2D eigenvalue weighted by atomic mass is 9.87. The molecule has 21 heavy (non-hydrogen) atoms. The molecule has 0 spiro atoms. The maximum absolute atomic E-state index is 2.50. The van der Waals surface area contributed by atoms with Crippen molar-refractivity contribution in [3.63, 3.8) is 0 Å². The first kappa shape index (κ1) is 14.4. The van der Waals surface area contributed by atoms with E-state index < -0.39 is 0 Å². The average molecular weight is 278 g/mol. The highest BCUT2D eigenvalue weighted by Gasteiger charge is 2.24. The fourth-order valence-electron chi connectivity index (χ4n) is 3.34. The summed E-state index contributed by atoms with van der Waals surface area (Å²) in [6.45, 7) is 4.66. The molecule has 2 aromatic carbocycles. The molecule has 0 amide bonds. The fraction of sp³-hybridized carbons (Fsp3) is 0.429. The van der Waals surface area contributed by atoms with E-state index in [-0.39, 0.29) is 0 Å². The summed E-state index contributed by atoms with van der Waals surface area (Å²) >= 11 is 0. The first-order valence-electron chi connectivity index (χ1n) is 8.44. The number of hydrogen-bond donors (Lipinski definition) is 0. The highest BCUT2D eigenvalue weighted by Crippen LogP contribution is 2.41. The number of benzene rings is 2. The second-order valence-electron chi connectivity index (χ2n) is 6.57. The Kier molecular flexibility index (Phi) is 4.43. The molecule has 1 atom stereocenters. The van der Waals surface area contributed by atoms with E-state index in [1.165, 1.54) is 31.2 Å². The summed E-state index contributed by atoms with van der Waals surface area (Å²) in [5.74, 6) is 1.46. The lowest BCUT2D eigenvalue weighted by Gasteiger charge is -2.18. The first-order chi connectivity index (χ1) is 10.3. The van der Waals surface area contributed by atoms with Crippen LogP contribution in [0.1, 0.15) is 67.2 Å². The molecule has 1 saturated carbocycles. The van der Waals surface area contributed by atoms with Gasteiger partial charge in [0, 0.05) is 0 Å². The second kappa shape index (κ2) is 6.47. The van der Waals surface area contributed by atoms with Crippen LogP contribution in [0, 0.1) is 0 Å². The van der Waals surface area contributed by atoms with Crippen molar-refractivity contribution in [2.75, 3.05) is 0 Å². The van der Waals surface area contributed by atoms with Gasteiger partial charge in [-0.1, -0.05) is 68.8 Å². The molecule has 2 aromatic rings. The summed E-state index contributed by atoms with van der Waals surface area (Å²) < 4.78 is 0. The topological polar surface area (TPSA) is 0 Å². The van der Waals surface area contributed by atoms with Gasteiger partial charge in [0.15, 0.2) is 0 Å². The van der Waals surface area contributed by atoms with Crippen molar-refractivity contribution in [2.24, 2.45) is 0 Å². The minimum Gasteiger partial charge on any atom is -0.0651 e. The molecule has 0 heterocycles. The number of rotatable bonds is 6. The van der Waals surface area contributed by atoms with E-state index in [1.54, 1.807) is 16.7 Å². The highest BCUT2D eigenvalue weighted by molar-refractivity contribution is 5.38. The van der Waals surface area contributed by atoms with Gasteiger partial charge in [0.1, 0.15) is 0 Å². The fourth-order valence-corrected chi connectivity index (χ4v) is 3.34. The molecular formula is C21H26. The summed E-state index contributed by atoms with van der Waals surface area (Å²) in [6, 6.07) is 18.2. The zero-order chi connectivity index (χ0) is 14.7. The molecule has 0 heteroatoms. The van der Waals surface area contributed by atoms with E-state index in [2.05, 4.69) is 62.4 Å². The van der Waals surface area contributed by atoms with Crippen molar-refractivity contribution < 1.29 is 0 Å². The molecule has 0 bridgehead atoms. The summed E-state index contributed by atoms with van der Waals surface area (Å²) in [5.41, 5.74) is 6.17. The van der Waals surface area contributed by atoms with Crippen molar-refractivity contribution >= 4 is 0 Å². The van der Waals surface area contributed by atoms with Gasteiger partial charge in [-0.3, -0.25) is 0 Å². The van der Waals surface area contributed by atoms with Crippen molar-refractivity contribution in [1.82, 2.24) is 0 Å². The van der Waals surface area contributed by atoms with Gasteiger partial charge in [-0.05, 0) is 59.8 Å². The molecule has 1 aliphatic carbocycles. The van der Waals surface area contributed by atoms with Crippen LogP contribution in [-0.4, -0.2) is 0 Å². The van der Waals surface area contributed by atoms with E-state index >= 15 is 0 Å². The lowest BCUT2D eigenvalue weighted by Crippen LogP contribution is -2.04. The van der Waals surface area contributed by atoms with Gasteiger partial charge in [0.25, 0.3) is 0 Å². The molecule has 110 valence electrons. The van der Waals surface area contributed by atoms with Gasteiger partial charge >= 0.3 is 0 Å². The second-order valence-corrected chi connectivity index (χ2v) is 6.57. The molecule has 0 saturated heterocycles. The Bertz CT molecular complexity index is 578. The van der Waals surface area contributed by atoms with Crippen LogP contribution in [0.15, 0.2) is 48.5 Å². The van der Waals surface area contributed by atoms with E-state index in [1.807, 2.05) is 0 Å². The molecule has 0 N–H and O–H groups in total. The third kappa shape index (κ3) is 3.56. The summed E-state index contributed by atoms with van der Waals surface area (Å²) in [7, 11) is 0. The molecule has 1 aliphatic rings. The van der Waals surface area contributed by atoms with Crippen LogP contribution in [0.4, 0.5) is 0 Å². The van der Waals surface area contributed by atoms with Crippen LogP contribution in [0.25, 0.3) is 0 Å². The standard InChI is InChI=1S/C21H26/c1-3-7-20-15-19(18-10-11-18)12-13-21(20)16(2)14-17-8-5-4-6-9-17/h4-6,8-9,12-13,15-16,18H,3,7,10-11,14H2,1-2H3. The Labute approximate surface area is 129 Å². The van der Waals surface area contributed by atoms with Crippen LogP contribution in [0.2, 0.25) is 0 Å². The third-order valence-corrected chi connectivity index (χ3v) is 4.65. The molecule has 0 radical (unpaired) electrons. The van der Waals surface area contributed by atoms with Gasteiger partial charge in [-0.25, -0.2) is 0 Å². The predicted molar refractivity (Wildman–Crippen MR) is 91.0 cm³/mol. The Morgan fingerprint density at radius 2 is 1.81 bits per heavy atom. The quantitative estimate of drug-likeness (QED) is 0.620.